The number of benzene rings is 2. The van der Waals surface area contributed by atoms with Gasteiger partial charge in [-0.05, 0) is 65.1 Å². The number of esters is 1. The molecular formula is C18H14INO4. The van der Waals surface area contributed by atoms with Crippen molar-refractivity contribution in [1.29, 1.82) is 0 Å². The molecule has 1 heterocycles. The third-order valence-corrected chi connectivity index (χ3v) is 4.16. The average molecular weight is 435 g/mol. The maximum absolute atomic E-state index is 12.1. The Morgan fingerprint density at radius 1 is 1.08 bits per heavy atom. The van der Waals surface area contributed by atoms with Crippen LogP contribution >= 0.6 is 22.6 Å². The second-order valence-corrected chi connectivity index (χ2v) is 6.20. The molecule has 0 unspecified atom stereocenters. The van der Waals surface area contributed by atoms with Gasteiger partial charge in [-0.2, -0.15) is 0 Å². The number of rotatable bonds is 4. The molecule has 2 aromatic carbocycles. The standard InChI is InChI=1S/C18H14INO4/c1-22-14-8-5-12(16(10-14)23-2)9-15-18(21)24-17(20-15)11-3-6-13(19)7-4-11/h3-10H,1-2H3/b15-9-. The van der Waals surface area contributed by atoms with E-state index >= 15 is 0 Å². The summed E-state index contributed by atoms with van der Waals surface area (Å²) in [5.41, 5.74) is 1.71. The van der Waals surface area contributed by atoms with E-state index in [0.717, 1.165) is 14.7 Å². The minimum absolute atomic E-state index is 0.229. The fraction of sp³-hybridized carbons (Fsp3) is 0.111. The van der Waals surface area contributed by atoms with Crippen molar-refractivity contribution < 1.29 is 19.0 Å². The van der Waals surface area contributed by atoms with Crippen molar-refractivity contribution in [3.05, 3.63) is 62.9 Å². The van der Waals surface area contributed by atoms with Crippen molar-refractivity contribution in [3.63, 3.8) is 0 Å². The quantitative estimate of drug-likeness (QED) is 0.418. The molecule has 0 bridgehead atoms. The highest BCUT2D eigenvalue weighted by Gasteiger charge is 2.24. The zero-order valence-corrected chi connectivity index (χ0v) is 15.2. The van der Waals surface area contributed by atoms with Gasteiger partial charge in [0.25, 0.3) is 0 Å². The minimum atomic E-state index is -0.485. The molecule has 0 radical (unpaired) electrons. The number of carbonyl (C=O) groups is 1. The zero-order valence-electron chi connectivity index (χ0n) is 13.1. The van der Waals surface area contributed by atoms with E-state index in [0.29, 0.717) is 17.4 Å². The summed E-state index contributed by atoms with van der Waals surface area (Å²) in [6, 6.07) is 12.9. The molecule has 0 aliphatic carbocycles. The molecule has 0 N–H and O–H groups in total. The third-order valence-electron chi connectivity index (χ3n) is 3.44. The molecule has 0 aromatic heterocycles. The summed E-state index contributed by atoms with van der Waals surface area (Å²) in [6.07, 6.45) is 1.64. The molecule has 0 saturated carbocycles. The molecule has 24 heavy (non-hydrogen) atoms. The second kappa shape index (κ2) is 7.04. The average Bonchev–Trinajstić information content (AvgIpc) is 2.96. The van der Waals surface area contributed by atoms with E-state index < -0.39 is 5.97 Å². The second-order valence-electron chi connectivity index (χ2n) is 4.95. The van der Waals surface area contributed by atoms with Gasteiger partial charge < -0.3 is 14.2 Å². The number of methoxy groups -OCH3 is 2. The summed E-state index contributed by atoms with van der Waals surface area (Å²) in [5.74, 6) is 1.08. The summed E-state index contributed by atoms with van der Waals surface area (Å²) in [4.78, 5) is 16.4. The van der Waals surface area contributed by atoms with Crippen molar-refractivity contribution in [2.75, 3.05) is 14.2 Å². The van der Waals surface area contributed by atoms with Gasteiger partial charge in [0.15, 0.2) is 5.70 Å². The van der Waals surface area contributed by atoms with Crippen LogP contribution in [-0.4, -0.2) is 26.1 Å². The van der Waals surface area contributed by atoms with Crippen LogP contribution in [0.5, 0.6) is 11.5 Å². The predicted octanol–water partition coefficient (Wildman–Crippen LogP) is 3.65. The van der Waals surface area contributed by atoms with E-state index in [-0.39, 0.29) is 5.70 Å². The van der Waals surface area contributed by atoms with Gasteiger partial charge >= 0.3 is 5.97 Å². The highest BCUT2D eigenvalue weighted by atomic mass is 127. The first-order valence-corrected chi connectivity index (χ1v) is 8.19. The Kier molecular flexibility index (Phi) is 4.84. The van der Waals surface area contributed by atoms with Gasteiger partial charge in [-0.1, -0.05) is 0 Å². The van der Waals surface area contributed by atoms with E-state index in [1.54, 1.807) is 38.5 Å². The number of aliphatic imine (C=N–C) groups is 1. The lowest BCUT2D eigenvalue weighted by Gasteiger charge is -2.07. The van der Waals surface area contributed by atoms with Crippen LogP contribution in [-0.2, 0) is 9.53 Å². The number of cyclic esters (lactones) is 1. The fourth-order valence-corrected chi connectivity index (χ4v) is 2.57. The molecule has 6 heteroatoms. The summed E-state index contributed by atoms with van der Waals surface area (Å²) in [6.45, 7) is 0. The largest absolute Gasteiger partial charge is 0.497 e. The first kappa shape index (κ1) is 16.5. The lowest BCUT2D eigenvalue weighted by molar-refractivity contribution is -0.129. The van der Waals surface area contributed by atoms with Gasteiger partial charge in [0, 0.05) is 20.8 Å². The first-order chi connectivity index (χ1) is 11.6. The normalized spacial score (nSPS) is 15.2. The molecule has 1 aliphatic rings. The molecular weight excluding hydrogens is 421 g/mol. The smallest absolute Gasteiger partial charge is 0.363 e. The number of halogens is 1. The molecule has 2 aromatic rings. The van der Waals surface area contributed by atoms with Crippen LogP contribution in [0.1, 0.15) is 11.1 Å². The van der Waals surface area contributed by atoms with E-state index in [9.17, 15) is 4.79 Å². The molecule has 1 aliphatic heterocycles. The third kappa shape index (κ3) is 3.43. The monoisotopic (exact) mass is 435 g/mol. The van der Waals surface area contributed by atoms with Crippen LogP contribution in [0.2, 0.25) is 0 Å². The summed E-state index contributed by atoms with van der Waals surface area (Å²) in [5, 5.41) is 0. The SMILES string of the molecule is COc1ccc(/C=C2\N=C(c3ccc(I)cc3)OC2=O)c(OC)c1. The van der Waals surface area contributed by atoms with Crippen LogP contribution in [0.25, 0.3) is 6.08 Å². The Morgan fingerprint density at radius 3 is 2.50 bits per heavy atom. The summed E-state index contributed by atoms with van der Waals surface area (Å²) >= 11 is 2.21. The number of hydrogen-bond donors (Lipinski definition) is 0. The molecule has 0 saturated heterocycles. The van der Waals surface area contributed by atoms with E-state index in [1.807, 2.05) is 24.3 Å². The Hall–Kier alpha value is -2.35. The van der Waals surface area contributed by atoms with E-state index in [4.69, 9.17) is 14.2 Å². The van der Waals surface area contributed by atoms with E-state index in [2.05, 4.69) is 27.6 Å². The first-order valence-electron chi connectivity index (χ1n) is 7.11. The zero-order chi connectivity index (χ0) is 17.1. The van der Waals surface area contributed by atoms with Gasteiger partial charge in [-0.15, -0.1) is 0 Å². The fourth-order valence-electron chi connectivity index (χ4n) is 2.21. The topological polar surface area (TPSA) is 57.1 Å². The highest BCUT2D eigenvalue weighted by molar-refractivity contribution is 14.1. The maximum atomic E-state index is 12.1. The molecule has 0 amide bonds. The Labute approximate surface area is 153 Å². The Morgan fingerprint density at radius 2 is 1.83 bits per heavy atom. The summed E-state index contributed by atoms with van der Waals surface area (Å²) < 4.78 is 16.9. The van der Waals surface area contributed by atoms with Crippen molar-refractivity contribution in [3.8, 4) is 11.5 Å². The minimum Gasteiger partial charge on any atom is -0.497 e. The molecule has 0 fully saturated rings. The van der Waals surface area contributed by atoms with Crippen LogP contribution in [0, 0.1) is 3.57 Å². The number of ether oxygens (including phenoxy) is 3. The van der Waals surface area contributed by atoms with Crippen LogP contribution < -0.4 is 9.47 Å². The Balaban J connectivity index is 1.95. The molecule has 0 spiro atoms. The van der Waals surface area contributed by atoms with Crippen molar-refractivity contribution in [2.24, 2.45) is 4.99 Å². The van der Waals surface area contributed by atoms with Gasteiger partial charge in [-0.3, -0.25) is 0 Å². The lowest BCUT2D eigenvalue weighted by atomic mass is 10.1. The van der Waals surface area contributed by atoms with Crippen molar-refractivity contribution >= 4 is 40.5 Å². The maximum Gasteiger partial charge on any atom is 0.363 e. The van der Waals surface area contributed by atoms with Gasteiger partial charge in [-0.25, -0.2) is 9.79 Å². The molecule has 5 nitrogen and oxygen atoms in total. The number of nitrogens with zero attached hydrogens (tertiary/aromatic N) is 1. The van der Waals surface area contributed by atoms with Crippen molar-refractivity contribution in [1.82, 2.24) is 0 Å². The molecule has 0 atom stereocenters. The molecule has 122 valence electrons. The van der Waals surface area contributed by atoms with Gasteiger partial charge in [0.05, 0.1) is 14.2 Å². The van der Waals surface area contributed by atoms with Gasteiger partial charge in [0.1, 0.15) is 11.5 Å². The summed E-state index contributed by atoms with van der Waals surface area (Å²) in [7, 11) is 3.14. The van der Waals surface area contributed by atoms with Crippen LogP contribution in [0.3, 0.4) is 0 Å². The predicted molar refractivity (Wildman–Crippen MR) is 99.3 cm³/mol. The Bertz CT molecular complexity index is 841. The van der Waals surface area contributed by atoms with Crippen LogP contribution in [0.4, 0.5) is 0 Å². The van der Waals surface area contributed by atoms with Gasteiger partial charge in [0.2, 0.25) is 5.90 Å². The lowest BCUT2D eigenvalue weighted by Crippen LogP contribution is -2.05. The number of carbonyl (C=O) groups excluding carboxylic acids is 1. The van der Waals surface area contributed by atoms with E-state index in [1.165, 1.54) is 0 Å². The highest BCUT2D eigenvalue weighted by Crippen LogP contribution is 2.28. The van der Waals surface area contributed by atoms with Crippen molar-refractivity contribution in [2.45, 2.75) is 0 Å². The number of hydrogen-bond acceptors (Lipinski definition) is 5. The van der Waals surface area contributed by atoms with Crippen LogP contribution in [0.15, 0.2) is 53.2 Å². The molecule has 3 rings (SSSR count).